The molecular weight excluding hydrogens is 388 g/mol. The van der Waals surface area contributed by atoms with Crippen LogP contribution in [0.2, 0.25) is 0 Å². The Morgan fingerprint density at radius 1 is 1.31 bits per heavy atom. The predicted octanol–water partition coefficient (Wildman–Crippen LogP) is 0.864. The van der Waals surface area contributed by atoms with E-state index in [0.717, 1.165) is 17.0 Å². The molecule has 2 amide bonds. The number of benzene rings is 1. The summed E-state index contributed by atoms with van der Waals surface area (Å²) in [6.07, 6.45) is 0.814. The molecule has 0 saturated carbocycles. The number of amides is 2. The molecule has 2 aromatic rings. The minimum absolute atomic E-state index is 0.0651. The van der Waals surface area contributed by atoms with Crippen LogP contribution >= 0.6 is 0 Å². The van der Waals surface area contributed by atoms with Gasteiger partial charge in [0, 0.05) is 32.1 Å². The summed E-state index contributed by atoms with van der Waals surface area (Å²) in [7, 11) is 0. The summed E-state index contributed by atoms with van der Waals surface area (Å²) in [5.74, 6) is -1.79. The van der Waals surface area contributed by atoms with Gasteiger partial charge in [0.15, 0.2) is 11.6 Å². The molecular formula is C17H19F2N7O3. The quantitative estimate of drug-likeness (QED) is 0.784. The van der Waals surface area contributed by atoms with Gasteiger partial charge < -0.3 is 15.0 Å². The molecule has 0 radical (unpaired) electrons. The lowest BCUT2D eigenvalue weighted by Gasteiger charge is -2.22. The summed E-state index contributed by atoms with van der Waals surface area (Å²) in [4.78, 5) is 25.8. The molecule has 0 aliphatic carbocycles. The van der Waals surface area contributed by atoms with Gasteiger partial charge in [-0.05, 0) is 16.8 Å². The Hall–Kier alpha value is -3.31. The van der Waals surface area contributed by atoms with Gasteiger partial charge in [0.25, 0.3) is 0 Å². The molecule has 29 heavy (non-hydrogen) atoms. The molecule has 0 spiro atoms. The first-order valence-corrected chi connectivity index (χ1v) is 9.11. The molecule has 2 aliphatic heterocycles. The first kappa shape index (κ1) is 19.0. The van der Waals surface area contributed by atoms with E-state index in [2.05, 4.69) is 20.8 Å². The lowest BCUT2D eigenvalue weighted by molar-refractivity contribution is -0.119. The van der Waals surface area contributed by atoms with Crippen molar-refractivity contribution < 1.29 is 23.1 Å². The van der Waals surface area contributed by atoms with Crippen LogP contribution in [0.25, 0.3) is 0 Å². The van der Waals surface area contributed by atoms with Gasteiger partial charge in [0.2, 0.25) is 5.91 Å². The maximum Gasteiger partial charge on any atom is 0.414 e. The third kappa shape index (κ3) is 3.82. The Labute approximate surface area is 164 Å². The molecule has 154 valence electrons. The summed E-state index contributed by atoms with van der Waals surface area (Å²) < 4.78 is 36.3. The highest BCUT2D eigenvalue weighted by atomic mass is 19.1. The molecule has 2 atom stereocenters. The molecule has 1 N–H and O–H groups in total. The van der Waals surface area contributed by atoms with Crippen molar-refractivity contribution in [3.05, 3.63) is 30.1 Å². The predicted molar refractivity (Wildman–Crippen MR) is 96.3 cm³/mol. The van der Waals surface area contributed by atoms with Gasteiger partial charge in [-0.25, -0.2) is 18.3 Å². The molecule has 12 heteroatoms. The van der Waals surface area contributed by atoms with E-state index in [1.807, 2.05) is 0 Å². The third-order valence-electron chi connectivity index (χ3n) is 4.98. The first-order chi connectivity index (χ1) is 13.9. The van der Waals surface area contributed by atoms with Gasteiger partial charge in [0.1, 0.15) is 18.1 Å². The number of nitrogens with one attached hydrogen (secondary N) is 1. The van der Waals surface area contributed by atoms with Crippen LogP contribution in [-0.4, -0.2) is 64.5 Å². The van der Waals surface area contributed by atoms with Crippen molar-refractivity contribution in [2.24, 2.45) is 0 Å². The van der Waals surface area contributed by atoms with Crippen molar-refractivity contribution in [2.75, 3.05) is 36.0 Å². The number of hydrogen-bond acceptors (Lipinski definition) is 7. The minimum atomic E-state index is -0.768. The number of carbonyl (C=O) groups is 2. The molecule has 1 aromatic carbocycles. The van der Waals surface area contributed by atoms with Crippen LogP contribution < -0.4 is 15.1 Å². The van der Waals surface area contributed by atoms with Crippen LogP contribution in [0.1, 0.15) is 19.4 Å². The van der Waals surface area contributed by atoms with Gasteiger partial charge in [-0.15, -0.1) is 5.10 Å². The van der Waals surface area contributed by atoms with Crippen LogP contribution in [0.4, 0.5) is 25.0 Å². The number of carbonyl (C=O) groups excluding carboxylic acids is 2. The van der Waals surface area contributed by atoms with Crippen molar-refractivity contribution in [3.63, 3.8) is 0 Å². The van der Waals surface area contributed by atoms with Gasteiger partial charge in [-0.3, -0.25) is 9.69 Å². The molecule has 0 bridgehead atoms. The Morgan fingerprint density at radius 3 is 2.72 bits per heavy atom. The van der Waals surface area contributed by atoms with Gasteiger partial charge >= 0.3 is 6.09 Å². The number of hydrogen-bond donors (Lipinski definition) is 1. The highest BCUT2D eigenvalue weighted by Crippen LogP contribution is 2.34. The Balaban J connectivity index is 1.49. The number of rotatable bonds is 5. The topological polar surface area (TPSA) is 105 Å². The largest absolute Gasteiger partial charge is 0.442 e. The molecule has 3 heterocycles. The first-order valence-electron chi connectivity index (χ1n) is 9.11. The molecule has 1 aromatic heterocycles. The number of tetrazole rings is 1. The zero-order valence-electron chi connectivity index (χ0n) is 15.6. The average Bonchev–Trinajstić information content (AvgIpc) is 3.40. The van der Waals surface area contributed by atoms with E-state index in [9.17, 15) is 18.4 Å². The van der Waals surface area contributed by atoms with Gasteiger partial charge in [-0.2, -0.15) is 0 Å². The fourth-order valence-corrected chi connectivity index (χ4v) is 3.60. The highest BCUT2D eigenvalue weighted by Gasteiger charge is 2.34. The molecule has 2 aliphatic rings. The van der Waals surface area contributed by atoms with Gasteiger partial charge in [-0.1, -0.05) is 0 Å². The Morgan fingerprint density at radius 2 is 2.07 bits per heavy atom. The lowest BCUT2D eigenvalue weighted by Crippen LogP contribution is -2.33. The van der Waals surface area contributed by atoms with Crippen LogP contribution in [0.15, 0.2) is 18.5 Å². The second kappa shape index (κ2) is 7.60. The zero-order valence-corrected chi connectivity index (χ0v) is 15.6. The summed E-state index contributed by atoms with van der Waals surface area (Å²) in [6.45, 7) is 2.38. The number of aromatic nitrogens is 4. The van der Waals surface area contributed by atoms with E-state index in [4.69, 9.17) is 4.74 Å². The average molecular weight is 407 g/mol. The minimum Gasteiger partial charge on any atom is -0.442 e. The van der Waals surface area contributed by atoms with Crippen LogP contribution in [0.3, 0.4) is 0 Å². The fraction of sp³-hybridized carbons (Fsp3) is 0.471. The Kier molecular flexibility index (Phi) is 4.99. The number of anilines is 2. The zero-order chi connectivity index (χ0) is 20.5. The molecule has 0 unspecified atom stereocenters. The number of nitrogens with zero attached hydrogens (tertiary/aromatic N) is 6. The van der Waals surface area contributed by atoms with Crippen molar-refractivity contribution in [1.82, 2.24) is 25.5 Å². The van der Waals surface area contributed by atoms with Crippen molar-refractivity contribution in [2.45, 2.75) is 25.5 Å². The molecule has 10 nitrogen and oxygen atoms in total. The smallest absolute Gasteiger partial charge is 0.414 e. The maximum atomic E-state index is 14.8. The molecule has 2 saturated heterocycles. The monoisotopic (exact) mass is 407 g/mol. The van der Waals surface area contributed by atoms with E-state index >= 15 is 0 Å². The maximum absolute atomic E-state index is 14.8. The van der Waals surface area contributed by atoms with Crippen LogP contribution in [0.5, 0.6) is 0 Å². The summed E-state index contributed by atoms with van der Waals surface area (Å²) in [6, 6.07) is 2.15. The second-order valence-corrected chi connectivity index (χ2v) is 6.99. The van der Waals surface area contributed by atoms with E-state index in [-0.39, 0.29) is 36.4 Å². The van der Waals surface area contributed by atoms with Crippen LogP contribution in [-0.2, 0) is 9.53 Å². The number of cyclic esters (lactones) is 1. The normalized spacial score (nSPS) is 21.6. The summed E-state index contributed by atoms with van der Waals surface area (Å²) >= 11 is 0. The third-order valence-corrected chi connectivity index (χ3v) is 4.98. The Bertz CT molecular complexity index is 901. The SMILES string of the molecule is CC(=O)NC[C@H]1CN(c2cc(F)c(N3CC[C@@H](n4cnnn4)C3)c(F)c2)C(=O)O1. The van der Waals surface area contributed by atoms with Crippen molar-refractivity contribution in [3.8, 4) is 0 Å². The highest BCUT2D eigenvalue weighted by molar-refractivity contribution is 5.90. The van der Waals surface area contributed by atoms with Crippen molar-refractivity contribution in [1.29, 1.82) is 0 Å². The summed E-state index contributed by atoms with van der Waals surface area (Å²) in [5.41, 5.74) is -0.0815. The summed E-state index contributed by atoms with van der Waals surface area (Å²) in [5, 5.41) is 13.6. The number of ether oxygens (including phenoxy) is 1. The number of halogens is 2. The fourth-order valence-electron chi connectivity index (χ4n) is 3.60. The van der Waals surface area contributed by atoms with E-state index in [0.29, 0.717) is 19.5 Å². The molecule has 2 fully saturated rings. The van der Waals surface area contributed by atoms with Crippen molar-refractivity contribution >= 4 is 23.4 Å². The second-order valence-electron chi connectivity index (χ2n) is 6.99. The van der Waals surface area contributed by atoms with Crippen LogP contribution in [0, 0.1) is 11.6 Å². The van der Waals surface area contributed by atoms with E-state index in [1.54, 1.807) is 9.58 Å². The van der Waals surface area contributed by atoms with E-state index in [1.165, 1.54) is 13.3 Å². The standard InChI is InChI=1S/C17H19F2N7O3/c1-10(27)20-6-13-8-25(17(28)29-13)12-4-14(18)16(15(19)5-12)24-3-2-11(7-24)26-9-21-22-23-26/h4-5,9,11,13H,2-3,6-8H2,1H3,(H,20,27)/t11-,13+/m1/s1. The van der Waals surface area contributed by atoms with E-state index < -0.39 is 23.8 Å². The lowest BCUT2D eigenvalue weighted by atomic mass is 10.2. The van der Waals surface area contributed by atoms with Gasteiger partial charge in [0.05, 0.1) is 24.8 Å². The molecule has 4 rings (SSSR count).